The highest BCUT2D eigenvalue weighted by Gasteiger charge is 2.23. The van der Waals surface area contributed by atoms with Gasteiger partial charge in [0.15, 0.2) is 0 Å². The van der Waals surface area contributed by atoms with E-state index in [2.05, 4.69) is 55.6 Å². The summed E-state index contributed by atoms with van der Waals surface area (Å²) < 4.78 is 23.3. The molecule has 0 aromatic rings. The summed E-state index contributed by atoms with van der Waals surface area (Å²) in [4.78, 5) is 25.5. The Morgan fingerprint density at radius 2 is 0.848 bits per heavy atom. The molecule has 0 saturated carbocycles. The van der Waals surface area contributed by atoms with Crippen molar-refractivity contribution in [2.24, 2.45) is 0 Å². The first kappa shape index (κ1) is 64.5. The quantitative estimate of drug-likeness (QED) is 0.0272. The minimum absolute atomic E-state index is 0.0103. The number of nitrogens with zero attached hydrogens (tertiary/aromatic N) is 1. The van der Waals surface area contributed by atoms with Crippen molar-refractivity contribution in [2.45, 2.75) is 270 Å². The Morgan fingerprint density at radius 3 is 1.23 bits per heavy atom. The van der Waals surface area contributed by atoms with E-state index in [9.17, 15) is 19.4 Å². The van der Waals surface area contributed by atoms with Gasteiger partial charge in [0.2, 0.25) is 5.91 Å². The number of likely N-dealkylation sites (N-methyl/N-ethyl adjacent to an activating group) is 1. The summed E-state index contributed by atoms with van der Waals surface area (Å²) in [6, 6.07) is -0.913. The van der Waals surface area contributed by atoms with Crippen molar-refractivity contribution >= 4 is 13.7 Å². The Morgan fingerprint density at radius 1 is 0.515 bits per heavy atom. The molecule has 0 aliphatic carbocycles. The Labute approximate surface area is 409 Å². The summed E-state index contributed by atoms with van der Waals surface area (Å²) in [5, 5.41) is 13.8. The van der Waals surface area contributed by atoms with Gasteiger partial charge in [-0.1, -0.05) is 229 Å². The molecule has 66 heavy (non-hydrogen) atoms. The van der Waals surface area contributed by atoms with Gasteiger partial charge in [0, 0.05) is 6.42 Å². The van der Waals surface area contributed by atoms with Crippen LogP contribution in [0.3, 0.4) is 0 Å². The molecule has 0 radical (unpaired) electrons. The summed E-state index contributed by atoms with van der Waals surface area (Å²) in [7, 11) is 1.23. The Balaban J connectivity index is 4.33. The van der Waals surface area contributed by atoms with Crippen molar-refractivity contribution in [1.29, 1.82) is 0 Å². The van der Waals surface area contributed by atoms with Crippen LogP contribution in [0.25, 0.3) is 0 Å². The summed E-state index contributed by atoms with van der Waals surface area (Å²) >= 11 is 0. The molecule has 0 aliphatic heterocycles. The molecule has 0 saturated heterocycles. The van der Waals surface area contributed by atoms with Gasteiger partial charge in [-0.2, -0.15) is 0 Å². The molecular weight excluding hydrogens is 840 g/mol. The molecule has 0 rings (SSSR count). The molecule has 8 nitrogen and oxygen atoms in total. The number of phosphoric ester groups is 1. The van der Waals surface area contributed by atoms with Gasteiger partial charge >= 0.3 is 0 Å². The summed E-state index contributed by atoms with van der Waals surface area (Å²) in [6.07, 6.45) is 63.3. The molecule has 0 spiro atoms. The van der Waals surface area contributed by atoms with Crippen LogP contribution in [0.2, 0.25) is 0 Å². The standard InChI is InChI=1S/C57H109N2O6P/c1-6-8-10-12-14-16-18-20-22-24-26-28-29-31-32-34-36-38-40-42-44-46-48-50-56(60)55(54-65-66(62,63)64-53-52-59(3,4)5)58-57(61)51-49-47-45-43-41-39-37-35-33-30-27-25-23-21-19-17-15-13-11-9-7-2/h30,32-34,40,42,48,50,55-56,60H,6-29,31,35-39,41,43-47,49,51-54H2,1-5H3,(H-,58,61,62,63)/b33-30-,34-32+,42-40+,50-48+. The van der Waals surface area contributed by atoms with Crippen LogP contribution >= 0.6 is 7.82 Å². The number of unbranched alkanes of at least 4 members (excludes halogenated alkanes) is 32. The summed E-state index contributed by atoms with van der Waals surface area (Å²) in [5.41, 5.74) is 0. The number of hydrogen-bond donors (Lipinski definition) is 2. The smallest absolute Gasteiger partial charge is 0.268 e. The second-order valence-corrected chi connectivity index (χ2v) is 21.7. The van der Waals surface area contributed by atoms with Gasteiger partial charge in [-0.15, -0.1) is 0 Å². The van der Waals surface area contributed by atoms with Gasteiger partial charge in [-0.3, -0.25) is 9.36 Å². The second kappa shape index (κ2) is 48.5. The van der Waals surface area contributed by atoms with E-state index < -0.39 is 26.6 Å². The normalized spacial score (nSPS) is 14.3. The monoisotopic (exact) mass is 949 g/mol. The highest BCUT2D eigenvalue weighted by molar-refractivity contribution is 7.45. The number of phosphoric acid groups is 1. The van der Waals surface area contributed by atoms with Gasteiger partial charge in [0.05, 0.1) is 39.9 Å². The fourth-order valence-electron chi connectivity index (χ4n) is 8.06. The van der Waals surface area contributed by atoms with Crippen LogP contribution in [-0.2, 0) is 18.4 Å². The van der Waals surface area contributed by atoms with Crippen molar-refractivity contribution in [3.05, 3.63) is 48.6 Å². The predicted molar refractivity (Wildman–Crippen MR) is 284 cm³/mol. The Kier molecular flexibility index (Phi) is 47.4. The van der Waals surface area contributed by atoms with Crippen molar-refractivity contribution in [3.8, 4) is 0 Å². The fraction of sp³-hybridized carbons (Fsp3) is 0.842. The minimum atomic E-state index is -4.61. The largest absolute Gasteiger partial charge is 0.756 e. The van der Waals surface area contributed by atoms with Crippen molar-refractivity contribution in [3.63, 3.8) is 0 Å². The molecule has 1 amide bonds. The zero-order chi connectivity index (χ0) is 48.5. The molecule has 3 atom stereocenters. The van der Waals surface area contributed by atoms with E-state index in [1.807, 2.05) is 27.2 Å². The first-order chi connectivity index (χ1) is 32.0. The highest BCUT2D eigenvalue weighted by atomic mass is 31.2. The molecular formula is C57H109N2O6P. The maximum absolute atomic E-state index is 12.9. The molecule has 0 bridgehead atoms. The number of carbonyl (C=O) groups is 1. The van der Waals surface area contributed by atoms with Crippen LogP contribution in [-0.4, -0.2) is 68.5 Å². The van der Waals surface area contributed by atoms with Crippen molar-refractivity contribution in [2.75, 3.05) is 40.9 Å². The predicted octanol–water partition coefficient (Wildman–Crippen LogP) is 16.1. The lowest BCUT2D eigenvalue weighted by Crippen LogP contribution is -2.45. The summed E-state index contributed by atoms with van der Waals surface area (Å²) in [6.45, 7) is 4.64. The second-order valence-electron chi connectivity index (χ2n) is 20.3. The number of rotatable bonds is 51. The fourth-order valence-corrected chi connectivity index (χ4v) is 8.79. The van der Waals surface area contributed by atoms with Crippen LogP contribution in [0.15, 0.2) is 48.6 Å². The summed E-state index contributed by atoms with van der Waals surface area (Å²) in [5.74, 6) is -0.214. The molecule has 0 aromatic carbocycles. The highest BCUT2D eigenvalue weighted by Crippen LogP contribution is 2.38. The van der Waals surface area contributed by atoms with Gasteiger partial charge in [0.1, 0.15) is 13.2 Å². The van der Waals surface area contributed by atoms with Crippen LogP contribution in [0.1, 0.15) is 258 Å². The van der Waals surface area contributed by atoms with Gasteiger partial charge in [-0.05, 0) is 70.6 Å². The van der Waals surface area contributed by atoms with Crippen LogP contribution in [0, 0.1) is 0 Å². The SMILES string of the molecule is CCCCCCCCCCCC/C=C\CCCCCCCCCC(=O)NC(COP(=O)([O-])OCC[N+](C)(C)C)C(O)/C=C/CC/C=C/CC/C=C/CCCCCCCCCCCCCCC. The topological polar surface area (TPSA) is 108 Å². The zero-order valence-corrected chi connectivity index (χ0v) is 45.0. The van der Waals surface area contributed by atoms with E-state index in [0.29, 0.717) is 17.4 Å². The third kappa shape index (κ3) is 50.3. The first-order valence-electron chi connectivity index (χ1n) is 28.0. The van der Waals surface area contributed by atoms with Crippen molar-refractivity contribution < 1.29 is 32.9 Å². The van der Waals surface area contributed by atoms with Crippen LogP contribution < -0.4 is 10.2 Å². The Hall–Kier alpha value is -1.54. The lowest BCUT2D eigenvalue weighted by molar-refractivity contribution is -0.870. The minimum Gasteiger partial charge on any atom is -0.756 e. The average Bonchev–Trinajstić information content (AvgIpc) is 3.28. The molecule has 0 heterocycles. The number of carbonyl (C=O) groups excluding carboxylic acids is 1. The first-order valence-corrected chi connectivity index (χ1v) is 29.5. The maximum Gasteiger partial charge on any atom is 0.268 e. The van der Waals surface area contributed by atoms with Gasteiger partial charge in [0.25, 0.3) is 7.82 Å². The lowest BCUT2D eigenvalue weighted by atomic mass is 10.0. The third-order valence-electron chi connectivity index (χ3n) is 12.5. The average molecular weight is 949 g/mol. The lowest BCUT2D eigenvalue weighted by Gasteiger charge is -2.29. The van der Waals surface area contributed by atoms with E-state index in [-0.39, 0.29) is 12.5 Å². The van der Waals surface area contributed by atoms with Gasteiger partial charge in [-0.25, -0.2) is 0 Å². The molecule has 3 unspecified atom stereocenters. The molecule has 0 aromatic heterocycles. The number of aliphatic hydroxyl groups is 1. The maximum atomic E-state index is 12.9. The van der Waals surface area contributed by atoms with E-state index >= 15 is 0 Å². The van der Waals surface area contributed by atoms with E-state index in [4.69, 9.17) is 9.05 Å². The molecule has 0 aliphatic rings. The Bertz CT molecular complexity index is 1210. The zero-order valence-electron chi connectivity index (χ0n) is 44.1. The van der Waals surface area contributed by atoms with Crippen LogP contribution in [0.5, 0.6) is 0 Å². The molecule has 2 N–H and O–H groups in total. The van der Waals surface area contributed by atoms with Gasteiger partial charge < -0.3 is 28.8 Å². The molecule has 0 fully saturated rings. The number of allylic oxidation sites excluding steroid dienone is 7. The number of aliphatic hydroxyl groups excluding tert-OH is 1. The molecule has 9 heteroatoms. The number of hydrogen-bond acceptors (Lipinski definition) is 6. The molecule has 388 valence electrons. The number of quaternary nitrogens is 1. The van der Waals surface area contributed by atoms with E-state index in [1.165, 1.54) is 193 Å². The van der Waals surface area contributed by atoms with Crippen LogP contribution in [0.4, 0.5) is 0 Å². The van der Waals surface area contributed by atoms with Crippen molar-refractivity contribution in [1.82, 2.24) is 5.32 Å². The number of amides is 1. The number of nitrogens with one attached hydrogen (secondary N) is 1. The van der Waals surface area contributed by atoms with E-state index in [0.717, 1.165) is 44.9 Å². The van der Waals surface area contributed by atoms with E-state index in [1.54, 1.807) is 6.08 Å². The third-order valence-corrected chi connectivity index (χ3v) is 13.5.